The fourth-order valence-corrected chi connectivity index (χ4v) is 1.60. The molecule has 0 aliphatic rings. The van der Waals surface area contributed by atoms with Crippen molar-refractivity contribution in [3.63, 3.8) is 0 Å². The monoisotopic (exact) mass is 367 g/mol. The quantitative estimate of drug-likeness (QED) is 0.645. The zero-order valence-corrected chi connectivity index (χ0v) is 11.5. The van der Waals surface area contributed by atoms with Gasteiger partial charge in [0.15, 0.2) is 0 Å². The van der Waals surface area contributed by atoms with Crippen LogP contribution in [0.3, 0.4) is 0 Å². The molecule has 0 saturated carbocycles. The standard InChI is InChI=1S/C10H11BrINO/c1-7(13-10(14)6-12)8-2-4-9(11)5-3-8/h2-5,7H,6H2,1H3,(H,13,14). The van der Waals surface area contributed by atoms with Gasteiger partial charge in [0, 0.05) is 4.47 Å². The Morgan fingerprint density at radius 3 is 2.57 bits per heavy atom. The first kappa shape index (κ1) is 12.0. The normalized spacial score (nSPS) is 12.2. The van der Waals surface area contributed by atoms with Gasteiger partial charge in [-0.2, -0.15) is 0 Å². The van der Waals surface area contributed by atoms with Crippen LogP contribution in [0.4, 0.5) is 0 Å². The van der Waals surface area contributed by atoms with Crippen molar-refractivity contribution in [3.05, 3.63) is 34.3 Å². The number of nitrogens with one attached hydrogen (secondary N) is 1. The van der Waals surface area contributed by atoms with E-state index in [0.717, 1.165) is 10.0 Å². The van der Waals surface area contributed by atoms with Crippen LogP contribution in [-0.4, -0.2) is 10.3 Å². The van der Waals surface area contributed by atoms with E-state index < -0.39 is 0 Å². The molecule has 1 amide bonds. The summed E-state index contributed by atoms with van der Waals surface area (Å²) in [5.74, 6) is 0.0704. The molecule has 14 heavy (non-hydrogen) atoms. The Hall–Kier alpha value is -0.100. The third-order valence-corrected chi connectivity index (χ3v) is 3.09. The van der Waals surface area contributed by atoms with E-state index in [4.69, 9.17) is 0 Å². The van der Waals surface area contributed by atoms with Gasteiger partial charge >= 0.3 is 0 Å². The second-order valence-corrected chi connectivity index (χ2v) is 4.65. The first-order valence-electron chi connectivity index (χ1n) is 4.24. The van der Waals surface area contributed by atoms with E-state index >= 15 is 0 Å². The summed E-state index contributed by atoms with van der Waals surface area (Å²) in [4.78, 5) is 11.1. The molecule has 2 nitrogen and oxygen atoms in total. The molecular weight excluding hydrogens is 357 g/mol. The lowest BCUT2D eigenvalue weighted by Crippen LogP contribution is -2.27. The maximum Gasteiger partial charge on any atom is 0.230 e. The zero-order chi connectivity index (χ0) is 10.6. The maximum atomic E-state index is 11.1. The SMILES string of the molecule is CC(NC(=O)CI)c1ccc(Br)cc1. The highest BCUT2D eigenvalue weighted by Crippen LogP contribution is 2.16. The third-order valence-electron chi connectivity index (χ3n) is 1.87. The highest BCUT2D eigenvalue weighted by atomic mass is 127. The highest BCUT2D eigenvalue weighted by molar-refractivity contribution is 14.1. The minimum absolute atomic E-state index is 0.0704. The molecule has 0 fully saturated rings. The Labute approximate surface area is 106 Å². The topological polar surface area (TPSA) is 29.1 Å². The summed E-state index contributed by atoms with van der Waals surface area (Å²) in [5.41, 5.74) is 1.12. The Morgan fingerprint density at radius 1 is 1.50 bits per heavy atom. The number of amides is 1. The average Bonchev–Trinajstić information content (AvgIpc) is 2.18. The van der Waals surface area contributed by atoms with Gasteiger partial charge in [-0.1, -0.05) is 50.7 Å². The van der Waals surface area contributed by atoms with Crippen molar-refractivity contribution < 1.29 is 4.79 Å². The van der Waals surface area contributed by atoms with E-state index in [9.17, 15) is 4.79 Å². The van der Waals surface area contributed by atoms with E-state index in [1.807, 2.05) is 31.2 Å². The van der Waals surface area contributed by atoms with Gasteiger partial charge in [-0.3, -0.25) is 4.79 Å². The van der Waals surface area contributed by atoms with E-state index in [1.54, 1.807) is 0 Å². The van der Waals surface area contributed by atoms with Crippen LogP contribution in [0.1, 0.15) is 18.5 Å². The molecule has 0 aliphatic heterocycles. The van der Waals surface area contributed by atoms with Crippen molar-refractivity contribution in [1.82, 2.24) is 5.32 Å². The molecule has 0 saturated heterocycles. The van der Waals surface area contributed by atoms with Gasteiger partial charge in [-0.25, -0.2) is 0 Å². The highest BCUT2D eigenvalue weighted by Gasteiger charge is 2.07. The van der Waals surface area contributed by atoms with Gasteiger partial charge in [0.05, 0.1) is 10.5 Å². The molecule has 0 aromatic heterocycles. The Balaban J connectivity index is 2.65. The molecule has 76 valence electrons. The number of hydrogen-bond donors (Lipinski definition) is 1. The molecule has 4 heteroatoms. The Morgan fingerprint density at radius 2 is 2.07 bits per heavy atom. The molecule has 1 unspecified atom stereocenters. The fraction of sp³-hybridized carbons (Fsp3) is 0.300. The van der Waals surface area contributed by atoms with Crippen molar-refractivity contribution in [2.45, 2.75) is 13.0 Å². The summed E-state index contributed by atoms with van der Waals surface area (Å²) >= 11 is 5.42. The summed E-state index contributed by atoms with van der Waals surface area (Å²) in [6.45, 7) is 1.98. The van der Waals surface area contributed by atoms with Crippen LogP contribution < -0.4 is 5.32 Å². The number of rotatable bonds is 3. The summed E-state index contributed by atoms with van der Waals surface area (Å²) in [6.07, 6.45) is 0. The van der Waals surface area contributed by atoms with Gasteiger partial charge in [-0.15, -0.1) is 0 Å². The lowest BCUT2D eigenvalue weighted by molar-refractivity contribution is -0.118. The molecule has 0 spiro atoms. The first-order chi connectivity index (χ1) is 6.63. The predicted octanol–water partition coefficient (Wildman–Crippen LogP) is 3.06. The number of alkyl halides is 1. The van der Waals surface area contributed by atoms with Gasteiger partial charge in [-0.05, 0) is 24.6 Å². The summed E-state index contributed by atoms with van der Waals surface area (Å²) in [5, 5.41) is 2.90. The van der Waals surface area contributed by atoms with Gasteiger partial charge in [0.2, 0.25) is 5.91 Å². The van der Waals surface area contributed by atoms with Gasteiger partial charge in [0.1, 0.15) is 0 Å². The van der Waals surface area contributed by atoms with E-state index in [1.165, 1.54) is 0 Å². The van der Waals surface area contributed by atoms with Crippen LogP contribution >= 0.6 is 38.5 Å². The van der Waals surface area contributed by atoms with Crippen LogP contribution in [0.25, 0.3) is 0 Å². The molecule has 1 atom stereocenters. The number of benzene rings is 1. The fourth-order valence-electron chi connectivity index (χ4n) is 1.11. The molecule has 0 bridgehead atoms. The van der Waals surface area contributed by atoms with E-state index in [-0.39, 0.29) is 11.9 Å². The number of hydrogen-bond acceptors (Lipinski definition) is 1. The van der Waals surface area contributed by atoms with Crippen LogP contribution in [-0.2, 0) is 4.79 Å². The molecule has 0 aliphatic carbocycles. The summed E-state index contributed by atoms with van der Waals surface area (Å²) < 4.78 is 1.55. The van der Waals surface area contributed by atoms with Crippen LogP contribution in [0, 0.1) is 0 Å². The molecule has 0 radical (unpaired) electrons. The third kappa shape index (κ3) is 3.57. The van der Waals surface area contributed by atoms with E-state index in [2.05, 4.69) is 43.8 Å². The van der Waals surface area contributed by atoms with Crippen LogP contribution in [0.5, 0.6) is 0 Å². The molecule has 1 rings (SSSR count). The molecular formula is C10H11BrINO. The van der Waals surface area contributed by atoms with Crippen molar-refractivity contribution in [3.8, 4) is 0 Å². The number of carbonyl (C=O) groups is 1. The van der Waals surface area contributed by atoms with E-state index in [0.29, 0.717) is 4.43 Å². The largest absolute Gasteiger partial charge is 0.349 e. The van der Waals surface area contributed by atoms with Crippen LogP contribution in [0.2, 0.25) is 0 Å². The molecule has 1 aromatic carbocycles. The van der Waals surface area contributed by atoms with Gasteiger partial charge in [0.25, 0.3) is 0 Å². The second-order valence-electron chi connectivity index (χ2n) is 2.97. The Bertz CT molecular complexity index is 312. The summed E-state index contributed by atoms with van der Waals surface area (Å²) in [6, 6.07) is 8.03. The number of halogens is 2. The lowest BCUT2D eigenvalue weighted by atomic mass is 10.1. The van der Waals surface area contributed by atoms with Gasteiger partial charge < -0.3 is 5.32 Å². The van der Waals surface area contributed by atoms with Crippen molar-refractivity contribution in [2.75, 3.05) is 4.43 Å². The number of carbonyl (C=O) groups excluding carboxylic acids is 1. The van der Waals surface area contributed by atoms with Crippen molar-refractivity contribution in [2.24, 2.45) is 0 Å². The molecule has 1 N–H and O–H groups in total. The first-order valence-corrected chi connectivity index (χ1v) is 6.56. The minimum atomic E-state index is 0.0704. The summed E-state index contributed by atoms with van der Waals surface area (Å²) in [7, 11) is 0. The Kier molecular flexibility index (Phi) is 4.88. The lowest BCUT2D eigenvalue weighted by Gasteiger charge is -2.13. The molecule has 0 heterocycles. The van der Waals surface area contributed by atoms with Crippen molar-refractivity contribution >= 4 is 44.4 Å². The smallest absolute Gasteiger partial charge is 0.230 e. The predicted molar refractivity (Wildman–Crippen MR) is 69.6 cm³/mol. The minimum Gasteiger partial charge on any atom is -0.349 e. The molecule has 1 aromatic rings. The van der Waals surface area contributed by atoms with Crippen LogP contribution in [0.15, 0.2) is 28.7 Å². The zero-order valence-electron chi connectivity index (χ0n) is 7.76. The maximum absolute atomic E-state index is 11.1. The average molecular weight is 368 g/mol. The second kappa shape index (κ2) is 5.70. The van der Waals surface area contributed by atoms with Crippen molar-refractivity contribution in [1.29, 1.82) is 0 Å².